The zero-order chi connectivity index (χ0) is 13.4. The van der Waals surface area contributed by atoms with Crippen molar-refractivity contribution in [1.82, 2.24) is 9.55 Å². The van der Waals surface area contributed by atoms with Gasteiger partial charge in [-0.3, -0.25) is 4.57 Å². The molecule has 3 N–H and O–H groups in total. The molecule has 5 heteroatoms. The van der Waals surface area contributed by atoms with Gasteiger partial charge in [-0.2, -0.15) is 0 Å². The van der Waals surface area contributed by atoms with Crippen LogP contribution < -0.4 is 5.73 Å². The Labute approximate surface area is 108 Å². The van der Waals surface area contributed by atoms with Gasteiger partial charge in [-0.25, -0.2) is 9.78 Å². The Morgan fingerprint density at radius 1 is 1.26 bits per heavy atom. The van der Waals surface area contributed by atoms with Gasteiger partial charge < -0.3 is 10.8 Å². The van der Waals surface area contributed by atoms with E-state index in [-0.39, 0.29) is 5.75 Å². The van der Waals surface area contributed by atoms with Gasteiger partial charge in [0.05, 0.1) is 0 Å². The van der Waals surface area contributed by atoms with Crippen molar-refractivity contribution in [2.75, 3.05) is 0 Å². The van der Waals surface area contributed by atoms with Crippen molar-refractivity contribution in [3.05, 3.63) is 48.8 Å². The van der Waals surface area contributed by atoms with Gasteiger partial charge in [0.2, 0.25) is 0 Å². The molecule has 0 aliphatic rings. The summed E-state index contributed by atoms with van der Waals surface area (Å²) in [4.78, 5) is 15.4. The van der Waals surface area contributed by atoms with Crippen LogP contribution in [0.2, 0.25) is 0 Å². The maximum Gasteiger partial charge on any atom is 0.324 e. The predicted octanol–water partition coefficient (Wildman–Crippen LogP) is 2.14. The zero-order valence-corrected chi connectivity index (χ0v) is 9.87. The minimum absolute atomic E-state index is 0.212. The molecule has 0 atom stereocenters. The molecule has 0 saturated carbocycles. The predicted molar refractivity (Wildman–Crippen MR) is 70.7 cm³/mol. The molecule has 5 nitrogen and oxygen atoms in total. The number of pyridine rings is 1. The molecule has 2 heterocycles. The second-order valence-corrected chi connectivity index (χ2v) is 4.12. The Balaban J connectivity index is 2.12. The Morgan fingerprint density at radius 2 is 2.00 bits per heavy atom. The van der Waals surface area contributed by atoms with Crippen LogP contribution in [0.25, 0.3) is 22.2 Å². The maximum absolute atomic E-state index is 11.2. The van der Waals surface area contributed by atoms with Crippen molar-refractivity contribution in [2.45, 2.75) is 0 Å². The van der Waals surface area contributed by atoms with Gasteiger partial charge in [-0.15, -0.1) is 0 Å². The number of nitrogens with two attached hydrogens (primary N) is 1. The number of nitrogens with zero attached hydrogens (tertiary/aromatic N) is 2. The van der Waals surface area contributed by atoms with Crippen LogP contribution in [0.15, 0.2) is 42.7 Å². The van der Waals surface area contributed by atoms with E-state index in [4.69, 9.17) is 5.73 Å². The molecule has 2 aromatic heterocycles. The van der Waals surface area contributed by atoms with Crippen molar-refractivity contribution in [3.8, 4) is 16.9 Å². The topological polar surface area (TPSA) is 81.1 Å². The van der Waals surface area contributed by atoms with Gasteiger partial charge in [-0.05, 0) is 23.8 Å². The number of hydrogen-bond donors (Lipinski definition) is 2. The summed E-state index contributed by atoms with van der Waals surface area (Å²) in [6.07, 6.45) is 3.13. The van der Waals surface area contributed by atoms with E-state index in [2.05, 4.69) is 11.1 Å². The third kappa shape index (κ3) is 1.91. The summed E-state index contributed by atoms with van der Waals surface area (Å²) in [6.45, 7) is 0. The normalized spacial score (nSPS) is 10.7. The number of phenolic OH excluding ortho intramolecular Hbond substituents is 1. The number of fused-ring (bicyclic) bond motifs is 1. The molecular formula is C14H10N3O2. The van der Waals surface area contributed by atoms with Crippen molar-refractivity contribution < 1.29 is 9.90 Å². The van der Waals surface area contributed by atoms with E-state index in [1.807, 2.05) is 6.07 Å². The molecule has 0 spiro atoms. The second kappa shape index (κ2) is 4.13. The average molecular weight is 252 g/mol. The molecule has 0 unspecified atom stereocenters. The number of carbonyl (C=O) groups excluding carboxylic acids is 1. The highest BCUT2D eigenvalue weighted by Gasteiger charge is 2.08. The molecule has 0 fully saturated rings. The van der Waals surface area contributed by atoms with Crippen molar-refractivity contribution in [2.24, 2.45) is 5.73 Å². The van der Waals surface area contributed by atoms with Gasteiger partial charge in [0.25, 0.3) is 0 Å². The van der Waals surface area contributed by atoms with Gasteiger partial charge in [0.15, 0.2) is 0 Å². The van der Waals surface area contributed by atoms with E-state index in [0.717, 1.165) is 11.1 Å². The van der Waals surface area contributed by atoms with Crippen LogP contribution in [0, 0.1) is 6.07 Å². The highest BCUT2D eigenvalue weighted by atomic mass is 16.3. The molecule has 19 heavy (non-hydrogen) atoms. The first kappa shape index (κ1) is 11.3. The summed E-state index contributed by atoms with van der Waals surface area (Å²) < 4.78 is 1.25. The van der Waals surface area contributed by atoms with Crippen LogP contribution in [0.5, 0.6) is 5.75 Å². The lowest BCUT2D eigenvalue weighted by molar-refractivity contribution is 0.251. The van der Waals surface area contributed by atoms with E-state index in [1.165, 1.54) is 10.8 Å². The number of carbonyl (C=O) groups is 1. The average Bonchev–Trinajstić information content (AvgIpc) is 2.82. The molecule has 1 radical (unpaired) electrons. The monoisotopic (exact) mass is 252 g/mol. The van der Waals surface area contributed by atoms with Crippen molar-refractivity contribution in [3.63, 3.8) is 0 Å². The zero-order valence-electron chi connectivity index (χ0n) is 9.87. The summed E-state index contributed by atoms with van der Waals surface area (Å²) in [7, 11) is 0. The molecule has 3 rings (SSSR count). The lowest BCUT2D eigenvalue weighted by Gasteiger charge is -2.03. The first-order chi connectivity index (χ1) is 9.15. The Bertz CT molecular complexity index is 760. The summed E-state index contributed by atoms with van der Waals surface area (Å²) in [5.41, 5.74) is 7.51. The van der Waals surface area contributed by atoms with Crippen LogP contribution in [-0.2, 0) is 0 Å². The minimum atomic E-state index is -0.587. The maximum atomic E-state index is 11.2. The number of aromatic nitrogens is 2. The fraction of sp³-hybridized carbons (Fsp3) is 0. The van der Waals surface area contributed by atoms with Crippen LogP contribution in [-0.4, -0.2) is 20.7 Å². The number of hydrogen-bond acceptors (Lipinski definition) is 3. The Hall–Kier alpha value is -2.82. The van der Waals surface area contributed by atoms with Gasteiger partial charge >= 0.3 is 6.03 Å². The van der Waals surface area contributed by atoms with Gasteiger partial charge in [0.1, 0.15) is 11.4 Å². The largest absolute Gasteiger partial charge is 0.508 e. The first-order valence-electron chi connectivity index (χ1n) is 5.63. The van der Waals surface area contributed by atoms with E-state index in [0.29, 0.717) is 11.0 Å². The molecule has 0 aliphatic heterocycles. The summed E-state index contributed by atoms with van der Waals surface area (Å²) in [5.74, 6) is 0.212. The standard InChI is InChI=1S/C14H10N3O2/c15-14(19)17-6-5-10-7-11(8-16-13(10)17)9-1-3-12(18)4-2-9/h1-4,6-8,18H,(H2,15,19). The summed E-state index contributed by atoms with van der Waals surface area (Å²) >= 11 is 0. The highest BCUT2D eigenvalue weighted by molar-refractivity contribution is 5.90. The molecule has 1 aromatic carbocycles. The third-order valence-corrected chi connectivity index (χ3v) is 2.88. The molecule has 0 aliphatic carbocycles. The van der Waals surface area contributed by atoms with Crippen molar-refractivity contribution in [1.29, 1.82) is 0 Å². The third-order valence-electron chi connectivity index (χ3n) is 2.88. The van der Waals surface area contributed by atoms with Gasteiger partial charge in [-0.1, -0.05) is 12.1 Å². The fourth-order valence-corrected chi connectivity index (χ4v) is 1.93. The number of primary amides is 1. The minimum Gasteiger partial charge on any atom is -0.508 e. The van der Waals surface area contributed by atoms with E-state index < -0.39 is 6.03 Å². The van der Waals surface area contributed by atoms with Crippen molar-refractivity contribution >= 4 is 17.1 Å². The second-order valence-electron chi connectivity index (χ2n) is 4.12. The fourth-order valence-electron chi connectivity index (χ4n) is 1.93. The molecule has 3 aromatic rings. The lowest BCUT2D eigenvalue weighted by atomic mass is 10.1. The number of amides is 1. The van der Waals surface area contributed by atoms with Crippen LogP contribution >= 0.6 is 0 Å². The quantitative estimate of drug-likeness (QED) is 0.696. The van der Waals surface area contributed by atoms with E-state index >= 15 is 0 Å². The SMILES string of the molecule is NC(=O)n1c[c]c2cc(-c3ccc(O)cc3)cnc21. The van der Waals surface area contributed by atoms with Crippen LogP contribution in [0.4, 0.5) is 4.79 Å². The smallest absolute Gasteiger partial charge is 0.324 e. The lowest BCUT2D eigenvalue weighted by Crippen LogP contribution is -2.18. The first-order valence-corrected chi connectivity index (χ1v) is 5.63. The van der Waals surface area contributed by atoms with E-state index in [1.54, 1.807) is 30.5 Å². The summed E-state index contributed by atoms with van der Waals surface area (Å²) in [5, 5.41) is 9.98. The van der Waals surface area contributed by atoms with Crippen LogP contribution in [0.1, 0.15) is 0 Å². The Morgan fingerprint density at radius 3 is 2.68 bits per heavy atom. The van der Waals surface area contributed by atoms with E-state index in [9.17, 15) is 9.90 Å². The molecule has 0 saturated heterocycles. The number of phenols is 1. The number of rotatable bonds is 1. The molecule has 93 valence electrons. The number of aromatic hydroxyl groups is 1. The molecular weight excluding hydrogens is 242 g/mol. The molecule has 1 amide bonds. The van der Waals surface area contributed by atoms with Crippen LogP contribution in [0.3, 0.4) is 0 Å². The van der Waals surface area contributed by atoms with Gasteiger partial charge in [0, 0.05) is 29.4 Å². The highest BCUT2D eigenvalue weighted by Crippen LogP contribution is 2.24. The number of benzene rings is 1. The summed E-state index contributed by atoms with van der Waals surface area (Å²) in [6, 6.07) is 11.0. The Kier molecular flexibility index (Phi) is 2.45. The molecule has 0 bridgehead atoms.